The molecule has 0 aliphatic carbocycles. The molecule has 0 heterocycles. The number of alkyl halides is 3. The van der Waals surface area contributed by atoms with Gasteiger partial charge in [-0.2, -0.15) is 13.2 Å². The maximum absolute atomic E-state index is 12.7. The van der Waals surface area contributed by atoms with Crippen molar-refractivity contribution in [3.8, 4) is 5.75 Å². The van der Waals surface area contributed by atoms with Crippen LogP contribution in [-0.2, 0) is 11.7 Å². The molecule has 6 heteroatoms. The normalized spacial score (nSPS) is 12.9. The second-order valence-corrected chi connectivity index (χ2v) is 4.92. The monoisotopic (exact) mass is 297 g/mol. The largest absolute Gasteiger partial charge is 0.507 e. The third-order valence-corrected chi connectivity index (χ3v) is 2.72. The predicted octanol–water partition coefficient (Wildman–Crippen LogP) is 3.37. The first-order valence-electron chi connectivity index (χ1n) is 4.42. The van der Waals surface area contributed by atoms with Gasteiger partial charge in [0.1, 0.15) is 5.75 Å². The van der Waals surface area contributed by atoms with E-state index in [9.17, 15) is 18.3 Å². The summed E-state index contributed by atoms with van der Waals surface area (Å²) in [5, 5.41) is 9.27. The lowest BCUT2D eigenvalue weighted by Gasteiger charge is -2.24. The summed E-state index contributed by atoms with van der Waals surface area (Å²) in [7, 11) is 0. The molecule has 1 rings (SSSR count). The van der Waals surface area contributed by atoms with Gasteiger partial charge < -0.3 is 10.8 Å². The number of hydrogen-bond acceptors (Lipinski definition) is 2. The quantitative estimate of drug-likeness (QED) is 0.835. The number of phenols is 1. The fourth-order valence-electron chi connectivity index (χ4n) is 1.33. The molecule has 0 aliphatic rings. The van der Waals surface area contributed by atoms with Crippen molar-refractivity contribution in [3.05, 3.63) is 27.7 Å². The lowest BCUT2D eigenvalue weighted by molar-refractivity contribution is -0.138. The number of hydrogen-bond donors (Lipinski definition) is 2. The Labute approximate surface area is 99.4 Å². The van der Waals surface area contributed by atoms with Crippen molar-refractivity contribution in [1.82, 2.24) is 0 Å². The summed E-state index contributed by atoms with van der Waals surface area (Å²) >= 11 is 2.97. The van der Waals surface area contributed by atoms with Crippen LogP contribution in [0.15, 0.2) is 16.6 Å². The first-order valence-corrected chi connectivity index (χ1v) is 5.22. The second kappa shape index (κ2) is 3.92. The third-order valence-electron chi connectivity index (χ3n) is 2.09. The Hall–Kier alpha value is -0.750. The van der Waals surface area contributed by atoms with Crippen molar-refractivity contribution < 1.29 is 18.3 Å². The molecule has 1 aromatic carbocycles. The Balaban J connectivity index is 3.53. The average molecular weight is 298 g/mol. The first-order chi connectivity index (χ1) is 7.03. The van der Waals surface area contributed by atoms with Gasteiger partial charge in [0.05, 0.1) is 10.0 Å². The molecule has 90 valence electrons. The number of rotatable bonds is 1. The van der Waals surface area contributed by atoms with Crippen molar-refractivity contribution in [2.24, 2.45) is 5.73 Å². The van der Waals surface area contributed by atoms with Crippen LogP contribution >= 0.6 is 15.9 Å². The van der Waals surface area contributed by atoms with Gasteiger partial charge in [0.2, 0.25) is 0 Å². The second-order valence-electron chi connectivity index (χ2n) is 4.07. The van der Waals surface area contributed by atoms with Gasteiger partial charge in [-0.3, -0.25) is 0 Å². The highest BCUT2D eigenvalue weighted by atomic mass is 79.9. The molecule has 0 aliphatic heterocycles. The molecule has 0 saturated heterocycles. The zero-order valence-corrected chi connectivity index (χ0v) is 10.3. The van der Waals surface area contributed by atoms with Crippen molar-refractivity contribution in [2.45, 2.75) is 25.6 Å². The molecule has 0 saturated carbocycles. The van der Waals surface area contributed by atoms with Crippen molar-refractivity contribution in [3.63, 3.8) is 0 Å². The summed E-state index contributed by atoms with van der Waals surface area (Å²) < 4.78 is 38.3. The predicted molar refractivity (Wildman–Crippen MR) is 58.0 cm³/mol. The molecule has 0 unspecified atom stereocenters. The highest BCUT2D eigenvalue weighted by Crippen LogP contribution is 2.40. The molecule has 3 N–H and O–H groups in total. The maximum Gasteiger partial charge on any atom is 0.416 e. The summed E-state index contributed by atoms with van der Waals surface area (Å²) in [5.41, 5.74) is 3.55. The summed E-state index contributed by atoms with van der Waals surface area (Å²) in [6.45, 7) is 2.95. The SMILES string of the molecule is CC(C)(N)c1cc(Br)c(O)cc1C(F)(F)F. The van der Waals surface area contributed by atoms with Crippen LogP contribution in [-0.4, -0.2) is 5.11 Å². The van der Waals surface area contributed by atoms with Gasteiger partial charge in [-0.15, -0.1) is 0 Å². The molecule has 1 aromatic rings. The van der Waals surface area contributed by atoms with Gasteiger partial charge in [0.25, 0.3) is 0 Å². The van der Waals surface area contributed by atoms with Crippen LogP contribution in [0, 0.1) is 0 Å². The lowest BCUT2D eigenvalue weighted by atomic mass is 9.90. The number of halogens is 4. The van der Waals surface area contributed by atoms with Crippen LogP contribution in [0.5, 0.6) is 5.75 Å². The highest BCUT2D eigenvalue weighted by molar-refractivity contribution is 9.10. The van der Waals surface area contributed by atoms with E-state index in [0.717, 1.165) is 0 Å². The molecule has 16 heavy (non-hydrogen) atoms. The Morgan fingerprint density at radius 1 is 1.19 bits per heavy atom. The van der Waals surface area contributed by atoms with E-state index in [1.165, 1.54) is 19.9 Å². The van der Waals surface area contributed by atoms with Gasteiger partial charge in [0.15, 0.2) is 0 Å². The summed E-state index contributed by atoms with van der Waals surface area (Å²) in [6.07, 6.45) is -4.54. The fourth-order valence-corrected chi connectivity index (χ4v) is 1.67. The van der Waals surface area contributed by atoms with E-state index in [0.29, 0.717) is 6.07 Å². The van der Waals surface area contributed by atoms with Gasteiger partial charge in [-0.1, -0.05) is 0 Å². The van der Waals surface area contributed by atoms with E-state index in [4.69, 9.17) is 5.73 Å². The maximum atomic E-state index is 12.7. The minimum Gasteiger partial charge on any atom is -0.507 e. The molecule has 0 radical (unpaired) electrons. The van der Waals surface area contributed by atoms with E-state index in [1.807, 2.05) is 0 Å². The number of benzene rings is 1. The van der Waals surface area contributed by atoms with E-state index in [2.05, 4.69) is 15.9 Å². The van der Waals surface area contributed by atoms with Crippen LogP contribution in [0.25, 0.3) is 0 Å². The molecular formula is C10H11BrF3NO. The zero-order chi connectivity index (χ0) is 12.7. The van der Waals surface area contributed by atoms with E-state index in [1.54, 1.807) is 0 Å². The number of aromatic hydroxyl groups is 1. The molecule has 2 nitrogen and oxygen atoms in total. The van der Waals surface area contributed by atoms with Crippen molar-refractivity contribution >= 4 is 15.9 Å². The Kier molecular flexibility index (Phi) is 3.27. The van der Waals surface area contributed by atoms with Crippen LogP contribution in [0.4, 0.5) is 13.2 Å². The Morgan fingerprint density at radius 3 is 2.06 bits per heavy atom. The van der Waals surface area contributed by atoms with E-state index in [-0.39, 0.29) is 10.0 Å². The van der Waals surface area contributed by atoms with Crippen molar-refractivity contribution in [2.75, 3.05) is 0 Å². The topological polar surface area (TPSA) is 46.2 Å². The van der Waals surface area contributed by atoms with Gasteiger partial charge in [-0.25, -0.2) is 0 Å². The Morgan fingerprint density at radius 2 is 1.69 bits per heavy atom. The summed E-state index contributed by atoms with van der Waals surface area (Å²) in [4.78, 5) is 0. The van der Waals surface area contributed by atoms with Crippen LogP contribution in [0.3, 0.4) is 0 Å². The fraction of sp³-hybridized carbons (Fsp3) is 0.400. The smallest absolute Gasteiger partial charge is 0.416 e. The van der Waals surface area contributed by atoms with Crippen molar-refractivity contribution in [1.29, 1.82) is 0 Å². The minimum absolute atomic E-state index is 0.0651. The molecule has 0 spiro atoms. The molecule has 0 atom stereocenters. The number of nitrogens with two attached hydrogens (primary N) is 1. The van der Waals surface area contributed by atoms with Crippen LogP contribution in [0.2, 0.25) is 0 Å². The molecule has 0 bridgehead atoms. The zero-order valence-electron chi connectivity index (χ0n) is 8.69. The molecule has 0 amide bonds. The lowest BCUT2D eigenvalue weighted by Crippen LogP contribution is -2.31. The molecule has 0 aromatic heterocycles. The third kappa shape index (κ3) is 2.68. The van der Waals surface area contributed by atoms with Crippen LogP contribution in [0.1, 0.15) is 25.0 Å². The molecule has 0 fully saturated rings. The van der Waals surface area contributed by atoms with Gasteiger partial charge >= 0.3 is 6.18 Å². The van der Waals surface area contributed by atoms with Gasteiger partial charge in [-0.05, 0) is 47.5 Å². The van der Waals surface area contributed by atoms with E-state index >= 15 is 0 Å². The number of phenolic OH excluding ortho intramolecular Hbond substituents is 1. The Bertz CT molecular complexity index is 371. The average Bonchev–Trinajstić information content (AvgIpc) is 2.05. The van der Waals surface area contributed by atoms with Gasteiger partial charge in [0, 0.05) is 5.54 Å². The molecular weight excluding hydrogens is 287 g/mol. The highest BCUT2D eigenvalue weighted by Gasteiger charge is 2.37. The summed E-state index contributed by atoms with van der Waals surface area (Å²) in [6, 6.07) is 1.87. The van der Waals surface area contributed by atoms with Crippen LogP contribution < -0.4 is 5.73 Å². The summed E-state index contributed by atoms with van der Waals surface area (Å²) in [5.74, 6) is -0.458. The minimum atomic E-state index is -4.54. The first kappa shape index (κ1) is 13.3. The van der Waals surface area contributed by atoms with E-state index < -0.39 is 23.0 Å². The standard InChI is InChI=1S/C10H11BrF3NO/c1-9(2,15)5-3-7(11)8(16)4-6(5)10(12,13)14/h3-4,16H,15H2,1-2H3.